The van der Waals surface area contributed by atoms with Crippen LogP contribution < -0.4 is 14.8 Å². The Morgan fingerprint density at radius 3 is 2.46 bits per heavy atom. The molecule has 8 nitrogen and oxygen atoms in total. The summed E-state index contributed by atoms with van der Waals surface area (Å²) >= 11 is 0. The first-order valence-electron chi connectivity index (χ1n) is 8.42. The fraction of sp³-hybridized carbons (Fsp3) is 0.500. The lowest BCUT2D eigenvalue weighted by molar-refractivity contribution is -0.128. The lowest BCUT2D eigenvalue weighted by Crippen LogP contribution is -2.39. The van der Waals surface area contributed by atoms with E-state index in [1.54, 1.807) is 6.07 Å². The van der Waals surface area contributed by atoms with Gasteiger partial charge in [-0.1, -0.05) is 13.3 Å². The van der Waals surface area contributed by atoms with Crippen molar-refractivity contribution in [3.63, 3.8) is 0 Å². The van der Waals surface area contributed by atoms with Crippen molar-refractivity contribution < 1.29 is 33.3 Å². The van der Waals surface area contributed by atoms with E-state index in [-0.39, 0.29) is 5.56 Å². The van der Waals surface area contributed by atoms with Crippen LogP contribution >= 0.6 is 0 Å². The second kappa shape index (κ2) is 11.0. The van der Waals surface area contributed by atoms with Gasteiger partial charge in [-0.25, -0.2) is 9.59 Å². The van der Waals surface area contributed by atoms with Gasteiger partial charge in [-0.15, -0.1) is 0 Å². The normalized spacial score (nSPS) is 11.2. The van der Waals surface area contributed by atoms with Crippen molar-refractivity contribution in [1.82, 2.24) is 5.32 Å². The number of carbonyl (C=O) groups excluding carboxylic acids is 3. The van der Waals surface area contributed by atoms with Gasteiger partial charge >= 0.3 is 12.1 Å². The van der Waals surface area contributed by atoms with E-state index in [0.29, 0.717) is 24.7 Å². The van der Waals surface area contributed by atoms with E-state index in [4.69, 9.17) is 14.2 Å². The summed E-state index contributed by atoms with van der Waals surface area (Å²) in [6.45, 7) is 6.18. The highest BCUT2D eigenvalue weighted by atomic mass is 16.6. The Balaban J connectivity index is 2.80. The quantitative estimate of drug-likeness (QED) is 0.529. The molecule has 1 aromatic rings. The van der Waals surface area contributed by atoms with Gasteiger partial charge in [-0.05, 0) is 38.5 Å². The fourth-order valence-electron chi connectivity index (χ4n) is 1.88. The molecule has 1 aromatic carbocycles. The summed E-state index contributed by atoms with van der Waals surface area (Å²) in [4.78, 5) is 35.0. The Hall–Kier alpha value is -2.77. The molecule has 0 heterocycles. The molecule has 2 amide bonds. The number of nitrogens with one attached hydrogen (secondary N) is 1. The molecule has 0 aliphatic carbocycles. The molecule has 1 rings (SSSR count). The van der Waals surface area contributed by atoms with Gasteiger partial charge in [0, 0.05) is 0 Å². The van der Waals surface area contributed by atoms with Crippen molar-refractivity contribution >= 4 is 18.0 Å². The highest BCUT2D eigenvalue weighted by Crippen LogP contribution is 2.29. The molecule has 0 bridgehead atoms. The van der Waals surface area contributed by atoms with Crippen molar-refractivity contribution in [3.05, 3.63) is 23.8 Å². The van der Waals surface area contributed by atoms with Crippen molar-refractivity contribution in [3.8, 4) is 11.5 Å². The maximum atomic E-state index is 12.2. The Morgan fingerprint density at radius 1 is 1.12 bits per heavy atom. The van der Waals surface area contributed by atoms with E-state index < -0.39 is 24.1 Å². The van der Waals surface area contributed by atoms with Crippen LogP contribution in [0.25, 0.3) is 0 Å². The van der Waals surface area contributed by atoms with Gasteiger partial charge in [0.15, 0.2) is 17.6 Å². The average molecular weight is 367 g/mol. The van der Waals surface area contributed by atoms with E-state index in [2.05, 4.69) is 11.7 Å². The zero-order chi connectivity index (χ0) is 19.5. The summed E-state index contributed by atoms with van der Waals surface area (Å²) in [5.74, 6) is -0.550. The maximum Gasteiger partial charge on any atom is 0.413 e. The van der Waals surface area contributed by atoms with E-state index in [9.17, 15) is 14.4 Å². The van der Waals surface area contributed by atoms with E-state index in [1.165, 1.54) is 19.1 Å². The summed E-state index contributed by atoms with van der Waals surface area (Å²) < 4.78 is 20.5. The number of methoxy groups -OCH3 is 1. The Morgan fingerprint density at radius 2 is 1.85 bits per heavy atom. The standard InChI is InChI=1S/C18H25NO7/c1-5-7-10-25-14-9-8-13(11-15(14)24-6-2)17(21)26-12(3)16(20)19-18(22)23-4/h8-9,11-12H,5-7,10H2,1-4H3,(H,19,20,22)/t12-/m0/s1. The van der Waals surface area contributed by atoms with Gasteiger partial charge < -0.3 is 18.9 Å². The smallest absolute Gasteiger partial charge is 0.413 e. The van der Waals surface area contributed by atoms with Gasteiger partial charge in [-0.2, -0.15) is 0 Å². The van der Waals surface area contributed by atoms with Gasteiger partial charge in [-0.3, -0.25) is 10.1 Å². The molecule has 0 saturated carbocycles. The van der Waals surface area contributed by atoms with Crippen LogP contribution in [-0.2, 0) is 14.3 Å². The number of esters is 1. The molecule has 0 aliphatic rings. The van der Waals surface area contributed by atoms with Gasteiger partial charge in [0.05, 0.1) is 25.9 Å². The molecule has 144 valence electrons. The van der Waals surface area contributed by atoms with Crippen LogP contribution in [0.15, 0.2) is 18.2 Å². The average Bonchev–Trinajstić information content (AvgIpc) is 2.62. The number of benzene rings is 1. The fourth-order valence-corrected chi connectivity index (χ4v) is 1.88. The second-order valence-electron chi connectivity index (χ2n) is 5.32. The molecular weight excluding hydrogens is 342 g/mol. The zero-order valence-corrected chi connectivity index (χ0v) is 15.5. The molecule has 26 heavy (non-hydrogen) atoms. The summed E-state index contributed by atoms with van der Waals surface area (Å²) in [5, 5.41) is 1.93. The predicted molar refractivity (Wildman–Crippen MR) is 93.4 cm³/mol. The van der Waals surface area contributed by atoms with E-state index in [1.807, 2.05) is 12.2 Å². The van der Waals surface area contributed by atoms with Crippen LogP contribution in [0.3, 0.4) is 0 Å². The van der Waals surface area contributed by atoms with Crippen molar-refractivity contribution in [1.29, 1.82) is 0 Å². The third-order valence-corrected chi connectivity index (χ3v) is 3.30. The number of imide groups is 1. The Labute approximate surface area is 152 Å². The topological polar surface area (TPSA) is 100 Å². The second-order valence-corrected chi connectivity index (χ2v) is 5.32. The van der Waals surface area contributed by atoms with Crippen LogP contribution in [0.5, 0.6) is 11.5 Å². The number of ether oxygens (including phenoxy) is 4. The molecule has 0 spiro atoms. The van der Waals surface area contributed by atoms with Crippen LogP contribution in [0.1, 0.15) is 44.0 Å². The molecule has 0 fully saturated rings. The highest BCUT2D eigenvalue weighted by Gasteiger charge is 2.22. The summed E-state index contributed by atoms with van der Waals surface area (Å²) in [6.07, 6.45) is -0.190. The first-order chi connectivity index (χ1) is 12.4. The molecule has 1 atom stereocenters. The number of carbonyl (C=O) groups is 3. The lowest BCUT2D eigenvalue weighted by atomic mass is 10.2. The van der Waals surface area contributed by atoms with E-state index >= 15 is 0 Å². The predicted octanol–water partition coefficient (Wildman–Crippen LogP) is 2.69. The number of unbranched alkanes of at least 4 members (excludes halogenated alkanes) is 1. The highest BCUT2D eigenvalue weighted by molar-refractivity contribution is 5.97. The summed E-state index contributed by atoms with van der Waals surface area (Å²) in [6, 6.07) is 4.64. The first-order valence-corrected chi connectivity index (χ1v) is 8.42. The minimum absolute atomic E-state index is 0.203. The summed E-state index contributed by atoms with van der Waals surface area (Å²) in [7, 11) is 1.12. The Bertz CT molecular complexity index is 630. The maximum absolute atomic E-state index is 12.2. The number of hydrogen-bond acceptors (Lipinski definition) is 7. The number of alkyl carbamates (subject to hydrolysis) is 1. The molecule has 0 aromatic heterocycles. The number of hydrogen-bond donors (Lipinski definition) is 1. The van der Waals surface area contributed by atoms with Crippen LogP contribution in [0.4, 0.5) is 4.79 Å². The molecule has 8 heteroatoms. The van der Waals surface area contributed by atoms with Gasteiger partial charge in [0.2, 0.25) is 0 Å². The molecular formula is C18H25NO7. The third kappa shape index (κ3) is 6.62. The largest absolute Gasteiger partial charge is 0.490 e. The van der Waals surface area contributed by atoms with Crippen LogP contribution in [-0.4, -0.2) is 44.4 Å². The molecule has 0 aliphatic heterocycles. The van der Waals surface area contributed by atoms with Crippen molar-refractivity contribution in [2.45, 2.75) is 39.7 Å². The van der Waals surface area contributed by atoms with Crippen molar-refractivity contribution in [2.24, 2.45) is 0 Å². The van der Waals surface area contributed by atoms with Crippen LogP contribution in [0.2, 0.25) is 0 Å². The van der Waals surface area contributed by atoms with E-state index in [0.717, 1.165) is 20.0 Å². The zero-order valence-electron chi connectivity index (χ0n) is 15.5. The number of amides is 2. The first kappa shape index (κ1) is 21.3. The van der Waals surface area contributed by atoms with Crippen molar-refractivity contribution in [2.75, 3.05) is 20.3 Å². The minimum Gasteiger partial charge on any atom is -0.490 e. The lowest BCUT2D eigenvalue weighted by Gasteiger charge is -2.15. The van der Waals surface area contributed by atoms with Gasteiger partial charge in [0.1, 0.15) is 0 Å². The Kier molecular flexibility index (Phi) is 8.97. The molecule has 0 radical (unpaired) electrons. The minimum atomic E-state index is -1.17. The molecule has 0 unspecified atom stereocenters. The number of rotatable bonds is 9. The molecule has 0 saturated heterocycles. The monoisotopic (exact) mass is 367 g/mol. The van der Waals surface area contributed by atoms with Gasteiger partial charge in [0.25, 0.3) is 5.91 Å². The summed E-state index contributed by atoms with van der Waals surface area (Å²) in [5.41, 5.74) is 0.203. The van der Waals surface area contributed by atoms with Crippen LogP contribution in [0, 0.1) is 0 Å². The molecule has 1 N–H and O–H groups in total. The third-order valence-electron chi connectivity index (χ3n) is 3.30. The SMILES string of the molecule is CCCCOc1ccc(C(=O)O[C@@H](C)C(=O)NC(=O)OC)cc1OCC.